The lowest BCUT2D eigenvalue weighted by Crippen LogP contribution is -2.12. The fraction of sp³-hybridized carbons (Fsp3) is 0.0909. The maximum atomic E-state index is 12.7. The molecular weight excluding hydrogens is 563 g/mol. The number of oxazole rings is 1. The van der Waals surface area contributed by atoms with Crippen LogP contribution < -0.4 is 14.8 Å². The lowest BCUT2D eigenvalue weighted by atomic mass is 10.1. The summed E-state index contributed by atoms with van der Waals surface area (Å²) in [6, 6.07) is 16.3. The molecule has 0 aliphatic heterocycles. The maximum absolute atomic E-state index is 12.7. The van der Waals surface area contributed by atoms with Crippen LogP contribution in [0.1, 0.15) is 10.4 Å². The van der Waals surface area contributed by atoms with Crippen LogP contribution in [0.2, 0.25) is 0 Å². The van der Waals surface area contributed by atoms with Gasteiger partial charge in [0.1, 0.15) is 17.0 Å². The lowest BCUT2D eigenvalue weighted by Gasteiger charge is -2.09. The van der Waals surface area contributed by atoms with Crippen molar-refractivity contribution in [2.75, 3.05) is 19.5 Å². The van der Waals surface area contributed by atoms with Gasteiger partial charge in [0, 0.05) is 25.4 Å². The Morgan fingerprint density at radius 3 is 2.47 bits per heavy atom. The molecule has 0 saturated carbocycles. The predicted molar refractivity (Wildman–Crippen MR) is 127 cm³/mol. The van der Waals surface area contributed by atoms with Gasteiger partial charge in [-0.15, -0.1) is 0 Å². The van der Waals surface area contributed by atoms with E-state index in [-0.39, 0.29) is 5.91 Å². The molecule has 0 unspecified atom stereocenters. The standard InChI is InChI=1S/C22H16BrIN2O4/c1-28-15-7-12(8-16(11-15)29-2)21(27)25-14-4-6-20-19(10-14)26-22(30-20)17-9-13(24)3-5-18(17)23/h3-11H,1-2H3,(H,25,27). The Hall–Kier alpha value is -2.59. The normalized spacial score (nSPS) is 10.8. The Kier molecular flexibility index (Phi) is 5.96. The van der Waals surface area contributed by atoms with Crippen LogP contribution in [0.15, 0.2) is 63.5 Å². The second-order valence-electron chi connectivity index (χ2n) is 6.38. The van der Waals surface area contributed by atoms with Crippen molar-refractivity contribution in [1.82, 2.24) is 4.98 Å². The van der Waals surface area contributed by atoms with Crippen molar-refractivity contribution in [1.29, 1.82) is 0 Å². The van der Waals surface area contributed by atoms with Crippen molar-refractivity contribution in [2.24, 2.45) is 0 Å². The van der Waals surface area contributed by atoms with Gasteiger partial charge in [0.25, 0.3) is 5.91 Å². The van der Waals surface area contributed by atoms with Crippen molar-refractivity contribution in [3.8, 4) is 23.0 Å². The van der Waals surface area contributed by atoms with Crippen molar-refractivity contribution < 1.29 is 18.7 Å². The first kappa shape index (κ1) is 20.7. The van der Waals surface area contributed by atoms with E-state index in [1.54, 1.807) is 50.6 Å². The van der Waals surface area contributed by atoms with Gasteiger partial charge in [0.05, 0.1) is 19.8 Å². The summed E-state index contributed by atoms with van der Waals surface area (Å²) in [5.74, 6) is 1.31. The first-order chi connectivity index (χ1) is 14.5. The van der Waals surface area contributed by atoms with E-state index in [4.69, 9.17) is 13.9 Å². The molecule has 30 heavy (non-hydrogen) atoms. The largest absolute Gasteiger partial charge is 0.497 e. The zero-order valence-corrected chi connectivity index (χ0v) is 19.8. The Morgan fingerprint density at radius 2 is 1.77 bits per heavy atom. The molecule has 0 spiro atoms. The summed E-state index contributed by atoms with van der Waals surface area (Å²) >= 11 is 5.79. The highest BCUT2D eigenvalue weighted by Gasteiger charge is 2.14. The molecule has 1 amide bonds. The molecule has 3 aromatic carbocycles. The zero-order valence-electron chi connectivity index (χ0n) is 16.0. The number of amides is 1. The molecule has 0 saturated heterocycles. The van der Waals surface area contributed by atoms with Crippen LogP contribution in [0, 0.1) is 3.57 Å². The molecule has 0 atom stereocenters. The van der Waals surface area contributed by atoms with Crippen LogP contribution in [-0.4, -0.2) is 25.1 Å². The van der Waals surface area contributed by atoms with E-state index in [0.29, 0.717) is 39.7 Å². The van der Waals surface area contributed by atoms with Crippen LogP contribution in [0.4, 0.5) is 5.69 Å². The Labute approximate surface area is 194 Å². The number of nitrogens with one attached hydrogen (secondary N) is 1. The second-order valence-corrected chi connectivity index (χ2v) is 8.48. The topological polar surface area (TPSA) is 73.6 Å². The Morgan fingerprint density at radius 1 is 1.03 bits per heavy atom. The lowest BCUT2D eigenvalue weighted by molar-refractivity contribution is 0.102. The third kappa shape index (κ3) is 4.29. The minimum atomic E-state index is -0.282. The quantitative estimate of drug-likeness (QED) is 0.288. The summed E-state index contributed by atoms with van der Waals surface area (Å²) in [5, 5.41) is 2.88. The van der Waals surface area contributed by atoms with Crippen molar-refractivity contribution in [3.63, 3.8) is 0 Å². The van der Waals surface area contributed by atoms with Gasteiger partial charge >= 0.3 is 0 Å². The number of nitrogens with zero attached hydrogens (tertiary/aromatic N) is 1. The number of hydrogen-bond donors (Lipinski definition) is 1. The molecule has 4 rings (SSSR count). The van der Waals surface area contributed by atoms with E-state index in [1.807, 2.05) is 18.2 Å². The number of rotatable bonds is 5. The van der Waals surface area contributed by atoms with Gasteiger partial charge in [-0.3, -0.25) is 4.79 Å². The smallest absolute Gasteiger partial charge is 0.255 e. The number of methoxy groups -OCH3 is 2. The fourth-order valence-electron chi connectivity index (χ4n) is 2.92. The highest BCUT2D eigenvalue weighted by Crippen LogP contribution is 2.32. The molecule has 0 aliphatic carbocycles. The van der Waals surface area contributed by atoms with Gasteiger partial charge < -0.3 is 19.2 Å². The number of anilines is 1. The van der Waals surface area contributed by atoms with E-state index in [2.05, 4.69) is 48.8 Å². The van der Waals surface area contributed by atoms with E-state index >= 15 is 0 Å². The summed E-state index contributed by atoms with van der Waals surface area (Å²) in [6.07, 6.45) is 0. The van der Waals surface area contributed by atoms with Crippen molar-refractivity contribution in [2.45, 2.75) is 0 Å². The van der Waals surface area contributed by atoms with Crippen LogP contribution in [-0.2, 0) is 0 Å². The van der Waals surface area contributed by atoms with E-state index in [1.165, 1.54) is 0 Å². The number of hydrogen-bond acceptors (Lipinski definition) is 5. The molecule has 0 aliphatic rings. The predicted octanol–water partition coefficient (Wildman–Crippen LogP) is 6.13. The molecule has 8 heteroatoms. The van der Waals surface area contributed by atoms with Crippen LogP contribution in [0.5, 0.6) is 11.5 Å². The van der Waals surface area contributed by atoms with E-state index in [0.717, 1.165) is 13.6 Å². The number of aromatic nitrogens is 1. The maximum Gasteiger partial charge on any atom is 0.255 e. The minimum absolute atomic E-state index is 0.282. The van der Waals surface area contributed by atoms with E-state index < -0.39 is 0 Å². The molecule has 1 heterocycles. The van der Waals surface area contributed by atoms with Gasteiger partial charge in [-0.05, 0) is 87.1 Å². The Balaban J connectivity index is 1.63. The molecule has 1 N–H and O–H groups in total. The number of halogens is 2. The number of ether oxygens (including phenoxy) is 2. The number of carbonyl (C=O) groups excluding carboxylic acids is 1. The summed E-state index contributed by atoms with van der Waals surface area (Å²) in [7, 11) is 3.08. The number of fused-ring (bicyclic) bond motifs is 1. The second kappa shape index (κ2) is 8.65. The molecule has 0 radical (unpaired) electrons. The SMILES string of the molecule is COc1cc(OC)cc(C(=O)Nc2ccc3oc(-c4cc(I)ccc4Br)nc3c2)c1. The number of benzene rings is 3. The van der Waals surface area contributed by atoms with Crippen molar-refractivity contribution in [3.05, 3.63) is 68.2 Å². The van der Waals surface area contributed by atoms with Gasteiger partial charge in [-0.1, -0.05) is 0 Å². The summed E-state index contributed by atoms with van der Waals surface area (Å²) < 4.78 is 18.3. The summed E-state index contributed by atoms with van der Waals surface area (Å²) in [6.45, 7) is 0. The van der Waals surface area contributed by atoms with Gasteiger partial charge in [0.15, 0.2) is 5.58 Å². The highest BCUT2D eigenvalue weighted by molar-refractivity contribution is 14.1. The van der Waals surface area contributed by atoms with E-state index in [9.17, 15) is 4.79 Å². The molecule has 1 aromatic heterocycles. The van der Waals surface area contributed by atoms with Crippen molar-refractivity contribution >= 4 is 61.2 Å². The summed E-state index contributed by atoms with van der Waals surface area (Å²) in [5.41, 5.74) is 3.19. The molecule has 6 nitrogen and oxygen atoms in total. The average Bonchev–Trinajstić information content (AvgIpc) is 3.18. The minimum Gasteiger partial charge on any atom is -0.497 e. The average molecular weight is 579 g/mol. The Bertz CT molecular complexity index is 1230. The van der Waals surface area contributed by atoms with Gasteiger partial charge in [-0.25, -0.2) is 4.98 Å². The van der Waals surface area contributed by atoms with Gasteiger partial charge in [0.2, 0.25) is 5.89 Å². The first-order valence-corrected chi connectivity index (χ1v) is 10.7. The zero-order chi connectivity index (χ0) is 21.3. The molecule has 0 bridgehead atoms. The third-order valence-electron chi connectivity index (χ3n) is 4.42. The highest BCUT2D eigenvalue weighted by atomic mass is 127. The molecule has 152 valence electrons. The van der Waals surface area contributed by atoms with Crippen LogP contribution >= 0.6 is 38.5 Å². The number of carbonyl (C=O) groups is 1. The fourth-order valence-corrected chi connectivity index (χ4v) is 3.83. The molecular formula is C22H16BrIN2O4. The summed E-state index contributed by atoms with van der Waals surface area (Å²) in [4.78, 5) is 17.3. The monoisotopic (exact) mass is 578 g/mol. The van der Waals surface area contributed by atoms with Crippen LogP contribution in [0.3, 0.4) is 0 Å². The van der Waals surface area contributed by atoms with Gasteiger partial charge in [-0.2, -0.15) is 0 Å². The van der Waals surface area contributed by atoms with Crippen LogP contribution in [0.25, 0.3) is 22.6 Å². The molecule has 4 aromatic rings. The molecule has 0 fully saturated rings. The first-order valence-electron chi connectivity index (χ1n) is 8.87. The third-order valence-corrected chi connectivity index (χ3v) is 5.78.